The lowest BCUT2D eigenvalue weighted by molar-refractivity contribution is -0.121. The summed E-state index contributed by atoms with van der Waals surface area (Å²) in [6.45, 7) is 11.3. The van der Waals surface area contributed by atoms with Crippen molar-refractivity contribution < 1.29 is 4.79 Å². The van der Waals surface area contributed by atoms with Crippen molar-refractivity contribution in [1.29, 1.82) is 0 Å². The number of hydrogen-bond acceptors (Lipinski definition) is 4. The van der Waals surface area contributed by atoms with Crippen LogP contribution < -0.4 is 16.0 Å². The second kappa shape index (κ2) is 7.97. The van der Waals surface area contributed by atoms with Gasteiger partial charge in [-0.05, 0) is 34.6 Å². The maximum atomic E-state index is 11.8. The van der Waals surface area contributed by atoms with Crippen LogP contribution in [0.25, 0.3) is 0 Å². The summed E-state index contributed by atoms with van der Waals surface area (Å²) < 4.78 is 0. The van der Waals surface area contributed by atoms with Gasteiger partial charge in [0.2, 0.25) is 5.91 Å². The minimum absolute atomic E-state index is 0.0895. The van der Waals surface area contributed by atoms with Gasteiger partial charge in [-0.2, -0.15) is 0 Å². The molecule has 0 aliphatic heterocycles. The summed E-state index contributed by atoms with van der Waals surface area (Å²) in [5.41, 5.74) is -0.238. The summed E-state index contributed by atoms with van der Waals surface area (Å²) >= 11 is 1.64. The molecule has 7 heteroatoms. The molecule has 3 N–H and O–H groups in total. The minimum Gasteiger partial charge on any atom is -0.357 e. The van der Waals surface area contributed by atoms with Crippen molar-refractivity contribution in [2.75, 3.05) is 13.1 Å². The zero-order valence-electron chi connectivity index (χ0n) is 13.4. The third-order valence-electron chi connectivity index (χ3n) is 2.34. The van der Waals surface area contributed by atoms with Crippen LogP contribution in [0.3, 0.4) is 0 Å². The number of aliphatic imine (C=N–C) groups is 1. The van der Waals surface area contributed by atoms with E-state index in [1.54, 1.807) is 11.3 Å². The van der Waals surface area contributed by atoms with Crippen molar-refractivity contribution in [1.82, 2.24) is 20.9 Å². The van der Waals surface area contributed by atoms with E-state index >= 15 is 0 Å². The van der Waals surface area contributed by atoms with Crippen LogP contribution in [-0.4, -0.2) is 35.5 Å². The number of rotatable bonds is 5. The van der Waals surface area contributed by atoms with Crippen molar-refractivity contribution in [3.8, 4) is 0 Å². The van der Waals surface area contributed by atoms with E-state index in [-0.39, 0.29) is 18.0 Å². The molecule has 1 aromatic heterocycles. The van der Waals surface area contributed by atoms with Gasteiger partial charge in [-0.15, -0.1) is 11.3 Å². The average Bonchev–Trinajstić information content (AvgIpc) is 2.76. The van der Waals surface area contributed by atoms with Gasteiger partial charge in [-0.3, -0.25) is 4.79 Å². The fraction of sp³-hybridized carbons (Fsp3) is 0.643. The highest BCUT2D eigenvalue weighted by Crippen LogP contribution is 2.10. The quantitative estimate of drug-likeness (QED) is 0.568. The summed E-state index contributed by atoms with van der Waals surface area (Å²) in [7, 11) is 0. The van der Waals surface area contributed by atoms with E-state index in [4.69, 9.17) is 0 Å². The predicted molar refractivity (Wildman–Crippen MR) is 87.6 cm³/mol. The van der Waals surface area contributed by atoms with E-state index in [9.17, 15) is 4.79 Å². The topological polar surface area (TPSA) is 78.4 Å². The summed E-state index contributed by atoms with van der Waals surface area (Å²) in [4.78, 5) is 21.4. The molecule has 0 fully saturated rings. The van der Waals surface area contributed by atoms with E-state index in [2.05, 4.69) is 25.9 Å². The Hall–Kier alpha value is -1.63. The van der Waals surface area contributed by atoms with Gasteiger partial charge in [0, 0.05) is 23.2 Å². The van der Waals surface area contributed by atoms with E-state index in [0.717, 1.165) is 16.4 Å². The summed E-state index contributed by atoms with van der Waals surface area (Å²) in [5.74, 6) is 0.543. The minimum atomic E-state index is -0.238. The van der Waals surface area contributed by atoms with Crippen LogP contribution in [0, 0.1) is 6.92 Å². The number of aryl methyl sites for hydroxylation is 1. The van der Waals surface area contributed by atoms with E-state index in [1.165, 1.54) is 0 Å². The zero-order chi connectivity index (χ0) is 15.9. The molecule has 1 rings (SSSR count). The second-order valence-electron chi connectivity index (χ2n) is 5.69. The van der Waals surface area contributed by atoms with Crippen molar-refractivity contribution in [3.63, 3.8) is 0 Å². The fourth-order valence-corrected chi connectivity index (χ4v) is 2.34. The SMILES string of the molecule is CCNC(=NCC(=O)NC(C)(C)C)NCc1cnc(C)s1. The first kappa shape index (κ1) is 17.4. The third-order valence-corrected chi connectivity index (χ3v) is 3.25. The molecule has 118 valence electrons. The molecule has 0 saturated heterocycles. The Kier molecular flexibility index (Phi) is 6.61. The lowest BCUT2D eigenvalue weighted by Crippen LogP contribution is -2.43. The number of aromatic nitrogens is 1. The maximum absolute atomic E-state index is 11.8. The van der Waals surface area contributed by atoms with Gasteiger partial charge >= 0.3 is 0 Å². The van der Waals surface area contributed by atoms with Gasteiger partial charge in [-0.25, -0.2) is 9.98 Å². The molecular formula is C14H25N5OS. The predicted octanol–water partition coefficient (Wildman–Crippen LogP) is 1.42. The Morgan fingerprint density at radius 1 is 1.38 bits per heavy atom. The molecule has 0 spiro atoms. The Morgan fingerprint density at radius 2 is 2.10 bits per heavy atom. The summed E-state index contributed by atoms with van der Waals surface area (Å²) in [5, 5.41) is 10.2. The van der Waals surface area contributed by atoms with Gasteiger partial charge in [0.15, 0.2) is 5.96 Å². The molecule has 0 aromatic carbocycles. The molecule has 0 atom stereocenters. The number of amides is 1. The molecule has 6 nitrogen and oxygen atoms in total. The van der Waals surface area contributed by atoms with Gasteiger partial charge in [-0.1, -0.05) is 0 Å². The first-order valence-corrected chi connectivity index (χ1v) is 7.86. The maximum Gasteiger partial charge on any atom is 0.242 e. The normalized spacial score (nSPS) is 12.1. The Morgan fingerprint density at radius 3 is 2.62 bits per heavy atom. The highest BCUT2D eigenvalue weighted by molar-refractivity contribution is 7.11. The van der Waals surface area contributed by atoms with Crippen molar-refractivity contribution >= 4 is 23.2 Å². The Bertz CT molecular complexity index is 490. The molecule has 1 heterocycles. The van der Waals surface area contributed by atoms with Crippen LogP contribution in [-0.2, 0) is 11.3 Å². The van der Waals surface area contributed by atoms with E-state index in [0.29, 0.717) is 12.5 Å². The number of nitrogens with zero attached hydrogens (tertiary/aromatic N) is 2. The number of nitrogens with one attached hydrogen (secondary N) is 3. The van der Waals surface area contributed by atoms with Crippen molar-refractivity contribution in [3.05, 3.63) is 16.1 Å². The molecule has 0 aliphatic rings. The fourth-order valence-electron chi connectivity index (χ4n) is 1.61. The van der Waals surface area contributed by atoms with Crippen LogP contribution in [0.15, 0.2) is 11.2 Å². The van der Waals surface area contributed by atoms with Crippen LogP contribution in [0.2, 0.25) is 0 Å². The van der Waals surface area contributed by atoms with E-state index in [1.807, 2.05) is 40.8 Å². The molecule has 0 unspecified atom stereocenters. The lowest BCUT2D eigenvalue weighted by Gasteiger charge is -2.20. The van der Waals surface area contributed by atoms with Crippen molar-refractivity contribution in [2.24, 2.45) is 4.99 Å². The van der Waals surface area contributed by atoms with Crippen LogP contribution >= 0.6 is 11.3 Å². The Labute approximate surface area is 130 Å². The first-order valence-electron chi connectivity index (χ1n) is 7.04. The summed E-state index contributed by atoms with van der Waals surface area (Å²) in [6.07, 6.45) is 1.85. The van der Waals surface area contributed by atoms with Crippen LogP contribution in [0.4, 0.5) is 0 Å². The highest BCUT2D eigenvalue weighted by Gasteiger charge is 2.13. The molecular weight excluding hydrogens is 286 g/mol. The number of hydrogen-bond donors (Lipinski definition) is 3. The van der Waals surface area contributed by atoms with Gasteiger partial charge in [0.1, 0.15) is 6.54 Å². The van der Waals surface area contributed by atoms with Crippen molar-refractivity contribution in [2.45, 2.75) is 46.7 Å². The summed E-state index contributed by atoms with van der Waals surface area (Å²) in [6, 6.07) is 0. The number of thiazole rings is 1. The van der Waals surface area contributed by atoms with Crippen LogP contribution in [0.1, 0.15) is 37.6 Å². The highest BCUT2D eigenvalue weighted by atomic mass is 32.1. The second-order valence-corrected chi connectivity index (χ2v) is 7.01. The number of carbonyl (C=O) groups excluding carboxylic acids is 1. The van der Waals surface area contributed by atoms with Crippen LogP contribution in [0.5, 0.6) is 0 Å². The lowest BCUT2D eigenvalue weighted by atomic mass is 10.1. The molecule has 21 heavy (non-hydrogen) atoms. The molecule has 0 saturated carbocycles. The number of guanidine groups is 1. The smallest absolute Gasteiger partial charge is 0.242 e. The largest absolute Gasteiger partial charge is 0.357 e. The number of carbonyl (C=O) groups is 1. The van der Waals surface area contributed by atoms with Gasteiger partial charge in [0.25, 0.3) is 0 Å². The standard InChI is InChI=1S/C14H25N5OS/c1-6-15-13(17-8-11-7-16-10(2)21-11)18-9-12(20)19-14(3,4)5/h7H,6,8-9H2,1-5H3,(H,19,20)(H2,15,17,18). The molecule has 1 amide bonds. The molecule has 0 bridgehead atoms. The first-order chi connectivity index (χ1) is 9.80. The Balaban J connectivity index is 2.51. The van der Waals surface area contributed by atoms with Gasteiger partial charge < -0.3 is 16.0 Å². The monoisotopic (exact) mass is 311 g/mol. The third kappa shape index (κ3) is 7.65. The zero-order valence-corrected chi connectivity index (χ0v) is 14.2. The molecule has 0 aliphatic carbocycles. The van der Waals surface area contributed by atoms with E-state index < -0.39 is 0 Å². The molecule has 0 radical (unpaired) electrons. The average molecular weight is 311 g/mol. The van der Waals surface area contributed by atoms with Gasteiger partial charge in [0.05, 0.1) is 11.6 Å². The molecule has 1 aromatic rings.